The van der Waals surface area contributed by atoms with Gasteiger partial charge in [0.25, 0.3) is 5.91 Å². The van der Waals surface area contributed by atoms with E-state index in [0.29, 0.717) is 12.1 Å². The molecule has 0 N–H and O–H groups in total. The number of nitrogens with zero attached hydrogens (tertiary/aromatic N) is 4. The fourth-order valence-electron chi connectivity index (χ4n) is 1.74. The van der Waals surface area contributed by atoms with Crippen molar-refractivity contribution in [3.8, 4) is 11.8 Å². The third-order valence-electron chi connectivity index (χ3n) is 3.00. The highest BCUT2D eigenvalue weighted by Gasteiger charge is 2.20. The first-order valence-corrected chi connectivity index (χ1v) is 6.87. The predicted molar refractivity (Wildman–Crippen MR) is 78.6 cm³/mol. The van der Waals surface area contributed by atoms with Crippen molar-refractivity contribution in [3.63, 3.8) is 0 Å². The van der Waals surface area contributed by atoms with E-state index in [2.05, 4.69) is 27.1 Å². The molecule has 0 saturated carbocycles. The number of halogens is 1. The predicted octanol–water partition coefficient (Wildman–Crippen LogP) is 2.60. The summed E-state index contributed by atoms with van der Waals surface area (Å²) in [6.45, 7) is 2.45. The fraction of sp³-hybridized carbons (Fsp3) is 0.214. The molecule has 102 valence electrons. The molecule has 0 bridgehead atoms. The van der Waals surface area contributed by atoms with Crippen LogP contribution in [0.25, 0.3) is 5.69 Å². The van der Waals surface area contributed by atoms with Gasteiger partial charge in [-0.3, -0.25) is 4.79 Å². The molecular formula is C14H13BrN4O. The molecule has 1 heterocycles. The highest BCUT2D eigenvalue weighted by Crippen LogP contribution is 2.18. The molecule has 20 heavy (non-hydrogen) atoms. The van der Waals surface area contributed by atoms with Crippen LogP contribution < -0.4 is 0 Å². The van der Waals surface area contributed by atoms with Crippen LogP contribution in [-0.4, -0.2) is 34.2 Å². The number of hydrogen-bond donors (Lipinski definition) is 0. The molecule has 0 fully saturated rings. The summed E-state index contributed by atoms with van der Waals surface area (Å²) in [6, 6.07) is 9.43. The van der Waals surface area contributed by atoms with Gasteiger partial charge in [-0.15, -0.1) is 0 Å². The maximum absolute atomic E-state index is 12.2. The zero-order chi connectivity index (χ0) is 14.7. The molecular weight excluding hydrogens is 320 g/mol. The minimum Gasteiger partial charge on any atom is -0.342 e. The Bertz CT molecular complexity index is 669. The van der Waals surface area contributed by atoms with Crippen LogP contribution in [0, 0.1) is 11.3 Å². The number of nitriles is 1. The highest BCUT2D eigenvalue weighted by molar-refractivity contribution is 9.10. The van der Waals surface area contributed by atoms with Crippen molar-refractivity contribution in [3.05, 3.63) is 46.2 Å². The van der Waals surface area contributed by atoms with Gasteiger partial charge in [-0.05, 0) is 31.2 Å². The molecule has 1 aromatic heterocycles. The van der Waals surface area contributed by atoms with Gasteiger partial charge in [-0.2, -0.15) is 10.4 Å². The summed E-state index contributed by atoms with van der Waals surface area (Å²) in [5.74, 6) is -0.201. The van der Waals surface area contributed by atoms with Crippen molar-refractivity contribution in [1.29, 1.82) is 5.26 Å². The molecule has 6 heteroatoms. The Balaban J connectivity index is 2.48. The lowest BCUT2D eigenvalue weighted by Crippen LogP contribution is -2.26. The molecule has 1 aromatic carbocycles. The summed E-state index contributed by atoms with van der Waals surface area (Å²) in [5, 5.41) is 13.5. The van der Waals surface area contributed by atoms with Crippen molar-refractivity contribution in [2.24, 2.45) is 0 Å². The zero-order valence-electron chi connectivity index (χ0n) is 11.2. The fourth-order valence-corrected chi connectivity index (χ4v) is 2.00. The van der Waals surface area contributed by atoms with Gasteiger partial charge in [-0.1, -0.05) is 15.9 Å². The van der Waals surface area contributed by atoms with Crippen LogP contribution in [0.2, 0.25) is 0 Å². The minimum atomic E-state index is -0.201. The highest BCUT2D eigenvalue weighted by atomic mass is 79.9. The Morgan fingerprint density at radius 2 is 2.10 bits per heavy atom. The first-order valence-electron chi connectivity index (χ1n) is 6.08. The molecule has 0 aliphatic heterocycles. The summed E-state index contributed by atoms with van der Waals surface area (Å²) in [6.07, 6.45) is 1.44. The number of rotatable bonds is 3. The molecule has 0 spiro atoms. The summed E-state index contributed by atoms with van der Waals surface area (Å²) in [7, 11) is 1.69. The van der Waals surface area contributed by atoms with E-state index in [1.54, 1.807) is 11.9 Å². The van der Waals surface area contributed by atoms with E-state index < -0.39 is 0 Å². The first-order chi connectivity index (χ1) is 9.58. The second-order valence-electron chi connectivity index (χ2n) is 4.23. The summed E-state index contributed by atoms with van der Waals surface area (Å²) < 4.78 is 2.41. The molecule has 2 rings (SSSR count). The number of amides is 1. The Morgan fingerprint density at radius 1 is 1.45 bits per heavy atom. The van der Waals surface area contributed by atoms with Gasteiger partial charge in [0.1, 0.15) is 6.07 Å². The van der Waals surface area contributed by atoms with Gasteiger partial charge >= 0.3 is 0 Å². The quantitative estimate of drug-likeness (QED) is 0.867. The van der Waals surface area contributed by atoms with Gasteiger partial charge in [0, 0.05) is 18.1 Å². The standard InChI is InChI=1S/C14H13BrN4O/c1-3-18(2)14(20)12-9-17-19(13(12)8-16)11-6-4-10(15)5-7-11/h4-7,9H,3H2,1-2H3. The second-order valence-corrected chi connectivity index (χ2v) is 5.14. The first kappa shape index (κ1) is 14.3. The Morgan fingerprint density at radius 3 is 2.65 bits per heavy atom. The van der Waals surface area contributed by atoms with E-state index in [0.717, 1.165) is 10.2 Å². The average Bonchev–Trinajstić information content (AvgIpc) is 2.90. The van der Waals surface area contributed by atoms with Crippen LogP contribution in [0.4, 0.5) is 0 Å². The zero-order valence-corrected chi connectivity index (χ0v) is 12.8. The van der Waals surface area contributed by atoms with E-state index >= 15 is 0 Å². The molecule has 0 aliphatic rings. The summed E-state index contributed by atoms with van der Waals surface area (Å²) in [4.78, 5) is 13.7. The van der Waals surface area contributed by atoms with Crippen molar-refractivity contribution in [2.75, 3.05) is 13.6 Å². The van der Waals surface area contributed by atoms with Crippen LogP contribution in [0.5, 0.6) is 0 Å². The number of benzene rings is 1. The number of carbonyl (C=O) groups excluding carboxylic acids is 1. The Kier molecular flexibility index (Phi) is 4.20. The van der Waals surface area contributed by atoms with Crippen LogP contribution in [0.15, 0.2) is 34.9 Å². The Hall–Kier alpha value is -2.13. The van der Waals surface area contributed by atoms with E-state index in [1.165, 1.54) is 10.9 Å². The number of hydrogen-bond acceptors (Lipinski definition) is 3. The normalized spacial score (nSPS) is 10.1. The Labute approximate surface area is 125 Å². The van der Waals surface area contributed by atoms with Crippen LogP contribution in [0.3, 0.4) is 0 Å². The molecule has 0 unspecified atom stereocenters. The van der Waals surface area contributed by atoms with E-state index in [9.17, 15) is 10.1 Å². The van der Waals surface area contributed by atoms with E-state index in [4.69, 9.17) is 0 Å². The smallest absolute Gasteiger partial charge is 0.258 e. The monoisotopic (exact) mass is 332 g/mol. The maximum Gasteiger partial charge on any atom is 0.258 e. The van der Waals surface area contributed by atoms with Gasteiger partial charge in [0.15, 0.2) is 5.69 Å². The third kappa shape index (κ3) is 2.58. The van der Waals surface area contributed by atoms with Crippen LogP contribution >= 0.6 is 15.9 Å². The lowest BCUT2D eigenvalue weighted by Gasteiger charge is -2.13. The van der Waals surface area contributed by atoms with Crippen LogP contribution in [0.1, 0.15) is 23.0 Å². The van der Waals surface area contributed by atoms with Crippen molar-refractivity contribution >= 4 is 21.8 Å². The maximum atomic E-state index is 12.2. The van der Waals surface area contributed by atoms with Gasteiger partial charge in [0.05, 0.1) is 17.4 Å². The van der Waals surface area contributed by atoms with Gasteiger partial charge in [0.2, 0.25) is 0 Å². The van der Waals surface area contributed by atoms with Gasteiger partial charge in [-0.25, -0.2) is 4.68 Å². The van der Waals surface area contributed by atoms with E-state index in [-0.39, 0.29) is 11.6 Å². The SMILES string of the molecule is CCN(C)C(=O)c1cnn(-c2ccc(Br)cc2)c1C#N. The average molecular weight is 333 g/mol. The molecule has 2 aromatic rings. The molecule has 0 atom stereocenters. The van der Waals surface area contributed by atoms with Crippen molar-refractivity contribution in [2.45, 2.75) is 6.92 Å². The second kappa shape index (κ2) is 5.88. The lowest BCUT2D eigenvalue weighted by molar-refractivity contribution is 0.0802. The largest absolute Gasteiger partial charge is 0.342 e. The number of carbonyl (C=O) groups is 1. The lowest BCUT2D eigenvalue weighted by atomic mass is 10.2. The van der Waals surface area contributed by atoms with Crippen LogP contribution in [-0.2, 0) is 0 Å². The molecule has 1 amide bonds. The van der Waals surface area contributed by atoms with E-state index in [1.807, 2.05) is 31.2 Å². The molecule has 5 nitrogen and oxygen atoms in total. The number of aromatic nitrogens is 2. The third-order valence-corrected chi connectivity index (χ3v) is 3.53. The summed E-state index contributed by atoms with van der Waals surface area (Å²) >= 11 is 3.35. The minimum absolute atomic E-state index is 0.201. The molecule has 0 aliphatic carbocycles. The topological polar surface area (TPSA) is 61.9 Å². The molecule has 0 saturated heterocycles. The van der Waals surface area contributed by atoms with Crippen molar-refractivity contribution in [1.82, 2.24) is 14.7 Å². The molecule has 0 radical (unpaired) electrons. The summed E-state index contributed by atoms with van der Waals surface area (Å²) in [5.41, 5.74) is 1.31. The van der Waals surface area contributed by atoms with Gasteiger partial charge < -0.3 is 4.90 Å². The van der Waals surface area contributed by atoms with Crippen molar-refractivity contribution < 1.29 is 4.79 Å².